The standard InChI is InChI=1S/C29H37N3O3/c1-35-26-8-3-2-7-25(26)28(33)31-23-5-4-6-24(15-23)32-11-9-22(10-12-32)30-27-20-13-19-14-21(27)18-29(34,16-19)17-20/h2-8,15,19-22,27,30,34H,9-14,16-18H2,1H3,(H,31,33)/t19?,20-,21+,27?,29?. The topological polar surface area (TPSA) is 73.8 Å². The van der Waals surface area contributed by atoms with Gasteiger partial charge in [-0.15, -0.1) is 0 Å². The normalized spacial score (nSPS) is 32.0. The minimum absolute atomic E-state index is 0.164. The number of hydrogen-bond donors (Lipinski definition) is 3. The number of aliphatic hydroxyl groups is 1. The summed E-state index contributed by atoms with van der Waals surface area (Å²) in [6.07, 6.45) is 7.92. The molecule has 7 rings (SSSR count). The Hall–Kier alpha value is -2.57. The number of nitrogens with zero attached hydrogens (tertiary/aromatic N) is 1. The van der Waals surface area contributed by atoms with E-state index in [9.17, 15) is 9.90 Å². The van der Waals surface area contributed by atoms with Crippen molar-refractivity contribution in [2.75, 3.05) is 30.4 Å². The SMILES string of the molecule is COc1ccccc1C(=O)Nc1cccc(N2CCC(NC3[C@@H]4CC5C[C@H]3CC(O)(C5)C4)CC2)c1. The maximum atomic E-state index is 12.8. The number of rotatable bonds is 6. The second-order valence-electron chi connectivity index (χ2n) is 11.4. The number of carbonyl (C=O) groups is 1. The number of benzene rings is 2. The van der Waals surface area contributed by atoms with E-state index in [1.807, 2.05) is 24.3 Å². The molecule has 0 spiro atoms. The lowest BCUT2D eigenvalue weighted by Gasteiger charge is -2.59. The van der Waals surface area contributed by atoms with Gasteiger partial charge in [-0.2, -0.15) is 0 Å². The number of carbonyl (C=O) groups excluding carboxylic acids is 1. The summed E-state index contributed by atoms with van der Waals surface area (Å²) in [7, 11) is 1.58. The molecule has 4 aliphatic carbocycles. The van der Waals surface area contributed by atoms with Gasteiger partial charge in [-0.05, 0) is 93.0 Å². The zero-order valence-corrected chi connectivity index (χ0v) is 20.6. The molecule has 0 aromatic heterocycles. The van der Waals surface area contributed by atoms with Gasteiger partial charge in [0.15, 0.2) is 0 Å². The quantitative estimate of drug-likeness (QED) is 0.576. The number of ether oxygens (including phenoxy) is 1. The van der Waals surface area contributed by atoms with Crippen LogP contribution in [0.5, 0.6) is 5.75 Å². The number of amides is 1. The third kappa shape index (κ3) is 4.54. The first-order valence-corrected chi connectivity index (χ1v) is 13.3. The van der Waals surface area contributed by atoms with Crippen molar-refractivity contribution >= 4 is 17.3 Å². The predicted molar refractivity (Wildman–Crippen MR) is 138 cm³/mol. The Morgan fingerprint density at radius 2 is 1.77 bits per heavy atom. The molecule has 1 aliphatic heterocycles. The highest BCUT2D eigenvalue weighted by Crippen LogP contribution is 2.55. The van der Waals surface area contributed by atoms with E-state index in [0.29, 0.717) is 35.2 Å². The molecule has 5 aliphatic rings. The van der Waals surface area contributed by atoms with Crippen molar-refractivity contribution < 1.29 is 14.6 Å². The van der Waals surface area contributed by atoms with E-state index in [1.54, 1.807) is 19.2 Å². The fourth-order valence-electron chi connectivity index (χ4n) is 7.64. The highest BCUT2D eigenvalue weighted by atomic mass is 16.5. The maximum Gasteiger partial charge on any atom is 0.259 e. The van der Waals surface area contributed by atoms with Gasteiger partial charge in [0, 0.05) is 36.5 Å². The summed E-state index contributed by atoms with van der Waals surface area (Å²) in [5.74, 6) is 2.49. The molecule has 2 aromatic rings. The molecule has 4 saturated carbocycles. The molecule has 1 heterocycles. The van der Waals surface area contributed by atoms with E-state index in [-0.39, 0.29) is 11.5 Å². The summed E-state index contributed by atoms with van der Waals surface area (Å²) in [6.45, 7) is 2.02. The van der Waals surface area contributed by atoms with Crippen LogP contribution >= 0.6 is 0 Å². The zero-order valence-electron chi connectivity index (χ0n) is 20.6. The van der Waals surface area contributed by atoms with Crippen LogP contribution in [0.15, 0.2) is 48.5 Å². The number of anilines is 2. The largest absolute Gasteiger partial charge is 0.496 e. The molecule has 5 atom stereocenters. The molecule has 35 heavy (non-hydrogen) atoms. The van der Waals surface area contributed by atoms with Gasteiger partial charge in [0.2, 0.25) is 0 Å². The number of methoxy groups -OCH3 is 1. The third-order valence-electron chi connectivity index (χ3n) is 8.98. The number of para-hydroxylation sites is 1. The van der Waals surface area contributed by atoms with Gasteiger partial charge in [-0.25, -0.2) is 0 Å². The Kier molecular flexibility index (Phi) is 5.97. The molecule has 3 unspecified atom stereocenters. The van der Waals surface area contributed by atoms with E-state index >= 15 is 0 Å². The number of piperidine rings is 1. The number of nitrogens with one attached hydrogen (secondary N) is 2. The monoisotopic (exact) mass is 475 g/mol. The zero-order chi connectivity index (χ0) is 24.0. The van der Waals surface area contributed by atoms with Crippen LogP contribution < -0.4 is 20.3 Å². The fraction of sp³-hybridized carbons (Fsp3) is 0.552. The van der Waals surface area contributed by atoms with Crippen molar-refractivity contribution in [3.05, 3.63) is 54.1 Å². The number of hydrogen-bond acceptors (Lipinski definition) is 5. The Bertz CT molecular complexity index is 1060. The van der Waals surface area contributed by atoms with E-state index in [1.165, 1.54) is 12.8 Å². The first-order chi connectivity index (χ1) is 17.0. The van der Waals surface area contributed by atoms with Gasteiger partial charge in [-0.3, -0.25) is 4.79 Å². The van der Waals surface area contributed by atoms with Gasteiger partial charge in [-0.1, -0.05) is 18.2 Å². The van der Waals surface area contributed by atoms with Crippen molar-refractivity contribution in [3.63, 3.8) is 0 Å². The van der Waals surface area contributed by atoms with Crippen LogP contribution in [0, 0.1) is 17.8 Å². The molecule has 6 nitrogen and oxygen atoms in total. The fourth-order valence-corrected chi connectivity index (χ4v) is 7.64. The van der Waals surface area contributed by atoms with Gasteiger partial charge in [0.1, 0.15) is 5.75 Å². The molecule has 6 heteroatoms. The molecule has 186 valence electrons. The smallest absolute Gasteiger partial charge is 0.259 e. The van der Waals surface area contributed by atoms with Crippen molar-refractivity contribution in [2.45, 2.75) is 62.6 Å². The highest BCUT2D eigenvalue weighted by molar-refractivity contribution is 6.06. The molecule has 1 saturated heterocycles. The third-order valence-corrected chi connectivity index (χ3v) is 8.98. The lowest BCUT2D eigenvalue weighted by atomic mass is 9.52. The molecule has 2 aromatic carbocycles. The first-order valence-electron chi connectivity index (χ1n) is 13.3. The van der Waals surface area contributed by atoms with Gasteiger partial charge >= 0.3 is 0 Å². The summed E-state index contributed by atoms with van der Waals surface area (Å²) in [5.41, 5.74) is 2.12. The molecule has 5 fully saturated rings. The summed E-state index contributed by atoms with van der Waals surface area (Å²) in [5, 5.41) is 18.0. The van der Waals surface area contributed by atoms with Gasteiger partial charge in [0.05, 0.1) is 18.3 Å². The van der Waals surface area contributed by atoms with E-state index in [2.05, 4.69) is 27.7 Å². The van der Waals surface area contributed by atoms with Gasteiger partial charge < -0.3 is 25.4 Å². The second kappa shape index (κ2) is 9.14. The first kappa shape index (κ1) is 22.9. The lowest BCUT2D eigenvalue weighted by Crippen LogP contribution is -2.62. The Morgan fingerprint density at radius 1 is 1.03 bits per heavy atom. The molecular weight excluding hydrogens is 438 g/mol. The van der Waals surface area contributed by atoms with E-state index in [0.717, 1.165) is 62.5 Å². The second-order valence-corrected chi connectivity index (χ2v) is 11.4. The van der Waals surface area contributed by atoms with Crippen LogP contribution in [0.4, 0.5) is 11.4 Å². The van der Waals surface area contributed by atoms with Crippen LogP contribution in [-0.4, -0.2) is 48.9 Å². The minimum Gasteiger partial charge on any atom is -0.496 e. The van der Waals surface area contributed by atoms with Crippen LogP contribution in [0.2, 0.25) is 0 Å². The average Bonchev–Trinajstić information content (AvgIpc) is 2.86. The van der Waals surface area contributed by atoms with Crippen LogP contribution in [0.3, 0.4) is 0 Å². The summed E-state index contributed by atoms with van der Waals surface area (Å²) in [6, 6.07) is 16.6. The summed E-state index contributed by atoms with van der Waals surface area (Å²) in [4.78, 5) is 15.2. The summed E-state index contributed by atoms with van der Waals surface area (Å²) >= 11 is 0. The van der Waals surface area contributed by atoms with Crippen molar-refractivity contribution in [2.24, 2.45) is 17.8 Å². The van der Waals surface area contributed by atoms with Crippen molar-refractivity contribution in [1.29, 1.82) is 0 Å². The Morgan fingerprint density at radius 3 is 2.49 bits per heavy atom. The van der Waals surface area contributed by atoms with Crippen LogP contribution in [-0.2, 0) is 0 Å². The van der Waals surface area contributed by atoms with Gasteiger partial charge in [0.25, 0.3) is 5.91 Å². The van der Waals surface area contributed by atoms with Crippen LogP contribution in [0.25, 0.3) is 0 Å². The lowest BCUT2D eigenvalue weighted by molar-refractivity contribution is -0.140. The van der Waals surface area contributed by atoms with E-state index in [4.69, 9.17) is 4.74 Å². The molecule has 4 bridgehead atoms. The average molecular weight is 476 g/mol. The van der Waals surface area contributed by atoms with E-state index < -0.39 is 0 Å². The van der Waals surface area contributed by atoms with Crippen LogP contribution in [0.1, 0.15) is 55.3 Å². The summed E-state index contributed by atoms with van der Waals surface area (Å²) < 4.78 is 5.34. The predicted octanol–water partition coefficient (Wildman–Crippen LogP) is 4.45. The van der Waals surface area contributed by atoms with Crippen molar-refractivity contribution in [1.82, 2.24) is 5.32 Å². The Labute approximate surface area is 208 Å². The molecular formula is C29H37N3O3. The molecule has 0 radical (unpaired) electrons. The minimum atomic E-state index is -0.357. The molecule has 1 amide bonds. The highest BCUT2D eigenvalue weighted by Gasteiger charge is 2.54. The maximum absolute atomic E-state index is 12.8. The van der Waals surface area contributed by atoms with Crippen molar-refractivity contribution in [3.8, 4) is 5.75 Å². The Balaban J connectivity index is 1.05. The molecule has 3 N–H and O–H groups in total.